The Hall–Kier alpha value is -5.06. The van der Waals surface area contributed by atoms with Gasteiger partial charge in [-0.1, -0.05) is 18.6 Å². The number of non-ortho nitro benzene ring substituents is 2. The first kappa shape index (κ1) is 26.0. The first-order valence-electron chi connectivity index (χ1n) is 12.0. The molecule has 194 valence electrons. The number of hydrogen-bond acceptors (Lipinski definition) is 7. The number of nitrogens with two attached hydrogens (primary N) is 1. The third kappa shape index (κ3) is 5.84. The van der Waals surface area contributed by atoms with Crippen LogP contribution in [0, 0.1) is 20.2 Å². The average molecular weight is 516 g/mol. The predicted octanol–water partition coefficient (Wildman–Crippen LogP) is 4.81. The Morgan fingerprint density at radius 3 is 2.00 bits per heavy atom. The number of nitrogen functional groups attached to an aromatic ring is 1. The van der Waals surface area contributed by atoms with Crippen LogP contribution in [0.15, 0.2) is 66.7 Å². The number of nitrogens with one attached hydrogen (secondary N) is 2. The van der Waals surface area contributed by atoms with Gasteiger partial charge >= 0.3 is 0 Å². The van der Waals surface area contributed by atoms with Crippen molar-refractivity contribution in [2.45, 2.75) is 25.7 Å². The van der Waals surface area contributed by atoms with Gasteiger partial charge in [0.1, 0.15) is 0 Å². The Balaban J connectivity index is 1.36. The molecule has 2 amide bonds. The molecular weight excluding hydrogens is 490 g/mol. The van der Waals surface area contributed by atoms with Crippen molar-refractivity contribution in [2.75, 3.05) is 17.6 Å². The fraction of sp³-hybridized carbons (Fsp3) is 0.185. The third-order valence-electron chi connectivity index (χ3n) is 6.19. The zero-order chi connectivity index (χ0) is 27.2. The van der Waals surface area contributed by atoms with E-state index >= 15 is 0 Å². The van der Waals surface area contributed by atoms with Gasteiger partial charge in [-0.05, 0) is 64.9 Å². The minimum Gasteiger partial charge on any atom is -0.397 e. The molecule has 0 saturated carbocycles. The van der Waals surface area contributed by atoms with Crippen molar-refractivity contribution in [3.05, 3.63) is 98.1 Å². The van der Waals surface area contributed by atoms with Crippen LogP contribution in [0.4, 0.5) is 22.7 Å². The van der Waals surface area contributed by atoms with Gasteiger partial charge in [-0.25, -0.2) is 0 Å². The molecular formula is C27H25N5O6. The summed E-state index contributed by atoms with van der Waals surface area (Å²) in [5.74, 6) is -0.562. The number of hydrogen-bond donors (Lipinski definition) is 3. The van der Waals surface area contributed by atoms with Crippen molar-refractivity contribution in [2.24, 2.45) is 0 Å². The van der Waals surface area contributed by atoms with Gasteiger partial charge in [0.2, 0.25) is 11.8 Å². The van der Waals surface area contributed by atoms with Gasteiger partial charge < -0.3 is 16.4 Å². The lowest BCUT2D eigenvalue weighted by Crippen LogP contribution is -2.22. The average Bonchev–Trinajstić information content (AvgIpc) is 3.19. The Kier molecular flexibility index (Phi) is 7.76. The Bertz CT molecular complexity index is 1400. The highest BCUT2D eigenvalue weighted by Gasteiger charge is 2.28. The molecule has 0 saturated heterocycles. The van der Waals surface area contributed by atoms with E-state index in [2.05, 4.69) is 10.6 Å². The van der Waals surface area contributed by atoms with Crippen LogP contribution in [-0.2, 0) is 9.59 Å². The summed E-state index contributed by atoms with van der Waals surface area (Å²) in [5.41, 5.74) is 9.25. The quantitative estimate of drug-likeness (QED) is 0.0894. The van der Waals surface area contributed by atoms with Crippen molar-refractivity contribution in [1.29, 1.82) is 0 Å². The van der Waals surface area contributed by atoms with Gasteiger partial charge in [0, 0.05) is 43.3 Å². The zero-order valence-corrected chi connectivity index (χ0v) is 20.3. The molecule has 38 heavy (non-hydrogen) atoms. The Morgan fingerprint density at radius 1 is 0.816 bits per heavy atom. The number of carbonyl (C=O) groups is 2. The molecule has 3 aromatic carbocycles. The first-order chi connectivity index (χ1) is 18.2. The predicted molar refractivity (Wildman–Crippen MR) is 143 cm³/mol. The number of nitrogens with zero attached hydrogens (tertiary/aromatic N) is 2. The highest BCUT2D eigenvalue weighted by Crippen LogP contribution is 2.46. The molecule has 0 atom stereocenters. The SMILES string of the molecule is Nc1ccccc1NC(=O)CCCCCNC(=O)C=C1c2cc([N+](=O)[O-])ccc2-c2ccc([N+](=O)[O-])cc21. The number of para-hydroxylation sites is 2. The van der Waals surface area contributed by atoms with Crippen LogP contribution in [0.5, 0.6) is 0 Å². The standard InChI is InChI=1S/C27H25N5O6/c28-24-6-3-4-7-25(24)30-26(33)8-2-1-5-13-29-27(34)16-23-21-14-17(31(35)36)9-11-19(21)20-12-10-18(32(37)38)15-22(20)23/h3-4,6-7,9-12,14-16H,1-2,5,8,13,28H2,(H,29,34)(H,30,33). The number of fused-ring (bicyclic) bond motifs is 3. The van der Waals surface area contributed by atoms with E-state index in [1.165, 1.54) is 30.3 Å². The maximum Gasteiger partial charge on any atom is 0.270 e. The first-order valence-corrected chi connectivity index (χ1v) is 12.0. The molecule has 1 aliphatic carbocycles. The van der Waals surface area contributed by atoms with Crippen molar-refractivity contribution in [3.63, 3.8) is 0 Å². The summed E-state index contributed by atoms with van der Waals surface area (Å²) in [6, 6.07) is 15.6. The van der Waals surface area contributed by atoms with Gasteiger partial charge in [-0.2, -0.15) is 0 Å². The van der Waals surface area contributed by atoms with E-state index in [4.69, 9.17) is 5.73 Å². The second kappa shape index (κ2) is 11.3. The molecule has 0 unspecified atom stereocenters. The van der Waals surface area contributed by atoms with Crippen LogP contribution in [0.25, 0.3) is 16.7 Å². The maximum atomic E-state index is 12.7. The van der Waals surface area contributed by atoms with Gasteiger partial charge in [0.15, 0.2) is 0 Å². The minimum atomic E-state index is -0.529. The molecule has 0 aliphatic heterocycles. The van der Waals surface area contributed by atoms with Crippen molar-refractivity contribution in [1.82, 2.24) is 5.32 Å². The fourth-order valence-corrected chi connectivity index (χ4v) is 4.31. The molecule has 1 aliphatic rings. The van der Waals surface area contributed by atoms with Gasteiger partial charge in [-0.15, -0.1) is 0 Å². The number of nitro groups is 2. The second-order valence-corrected chi connectivity index (χ2v) is 8.77. The highest BCUT2D eigenvalue weighted by molar-refractivity contribution is 6.08. The number of carbonyl (C=O) groups excluding carboxylic acids is 2. The van der Waals surface area contributed by atoms with Crippen LogP contribution >= 0.6 is 0 Å². The normalized spacial score (nSPS) is 11.3. The number of amides is 2. The van der Waals surface area contributed by atoms with Crippen LogP contribution in [0.1, 0.15) is 36.8 Å². The fourth-order valence-electron chi connectivity index (χ4n) is 4.31. The molecule has 11 nitrogen and oxygen atoms in total. The number of benzene rings is 3. The molecule has 0 radical (unpaired) electrons. The summed E-state index contributed by atoms with van der Waals surface area (Å²) in [6.45, 7) is 0.361. The molecule has 0 bridgehead atoms. The Morgan fingerprint density at radius 2 is 1.42 bits per heavy atom. The number of unbranched alkanes of at least 4 members (excludes halogenated alkanes) is 2. The molecule has 0 aromatic heterocycles. The molecule has 4 rings (SSSR count). The van der Waals surface area contributed by atoms with Gasteiger partial charge in [-0.3, -0.25) is 29.8 Å². The molecule has 0 spiro atoms. The molecule has 3 aromatic rings. The summed E-state index contributed by atoms with van der Waals surface area (Å²) >= 11 is 0. The lowest BCUT2D eigenvalue weighted by Gasteiger charge is -2.08. The smallest absolute Gasteiger partial charge is 0.270 e. The van der Waals surface area contributed by atoms with E-state index in [1.54, 1.807) is 36.4 Å². The second-order valence-electron chi connectivity index (χ2n) is 8.77. The van der Waals surface area contributed by atoms with Crippen molar-refractivity contribution in [3.8, 4) is 11.1 Å². The zero-order valence-electron chi connectivity index (χ0n) is 20.3. The monoisotopic (exact) mass is 515 g/mol. The third-order valence-corrected chi connectivity index (χ3v) is 6.19. The Labute approximate surface area is 217 Å². The number of nitro benzene ring substituents is 2. The lowest BCUT2D eigenvalue weighted by atomic mass is 10.0. The highest BCUT2D eigenvalue weighted by atomic mass is 16.6. The van der Waals surface area contributed by atoms with Crippen molar-refractivity contribution >= 4 is 40.1 Å². The van der Waals surface area contributed by atoms with Gasteiger partial charge in [0.25, 0.3) is 11.4 Å². The summed E-state index contributed by atoms with van der Waals surface area (Å²) in [5, 5.41) is 28.2. The molecule has 0 fully saturated rings. The van der Waals surface area contributed by atoms with Crippen LogP contribution in [0.2, 0.25) is 0 Å². The summed E-state index contributed by atoms with van der Waals surface area (Å²) in [7, 11) is 0. The van der Waals surface area contributed by atoms with E-state index in [0.29, 0.717) is 71.4 Å². The van der Waals surface area contributed by atoms with E-state index in [-0.39, 0.29) is 17.3 Å². The largest absolute Gasteiger partial charge is 0.397 e. The summed E-state index contributed by atoms with van der Waals surface area (Å²) < 4.78 is 0. The molecule has 0 heterocycles. The summed E-state index contributed by atoms with van der Waals surface area (Å²) in [4.78, 5) is 46.4. The van der Waals surface area contributed by atoms with Crippen LogP contribution in [-0.4, -0.2) is 28.2 Å². The minimum absolute atomic E-state index is 0.140. The lowest BCUT2D eigenvalue weighted by molar-refractivity contribution is -0.385. The van der Waals surface area contributed by atoms with E-state index in [1.807, 2.05) is 0 Å². The maximum absolute atomic E-state index is 12.7. The van der Waals surface area contributed by atoms with E-state index < -0.39 is 15.8 Å². The summed E-state index contributed by atoms with van der Waals surface area (Å²) in [6.07, 6.45) is 3.61. The van der Waals surface area contributed by atoms with Crippen LogP contribution in [0.3, 0.4) is 0 Å². The van der Waals surface area contributed by atoms with Crippen molar-refractivity contribution < 1.29 is 19.4 Å². The molecule has 11 heteroatoms. The topological polar surface area (TPSA) is 170 Å². The van der Waals surface area contributed by atoms with E-state index in [0.717, 1.165) is 0 Å². The van der Waals surface area contributed by atoms with Crippen LogP contribution < -0.4 is 16.4 Å². The van der Waals surface area contributed by atoms with E-state index in [9.17, 15) is 29.8 Å². The molecule has 4 N–H and O–H groups in total. The number of anilines is 2. The number of rotatable bonds is 10. The van der Waals surface area contributed by atoms with Gasteiger partial charge in [0.05, 0.1) is 21.2 Å².